The molecule has 0 aromatic heterocycles. The molecule has 0 spiro atoms. The van der Waals surface area contributed by atoms with Crippen LogP contribution in [0.25, 0.3) is 0 Å². The van der Waals surface area contributed by atoms with Gasteiger partial charge in [-0.2, -0.15) is 5.10 Å². The molecule has 14 nitrogen and oxygen atoms in total. The normalized spacial score (nSPS) is 18.3. The quantitative estimate of drug-likeness (QED) is 0.1000. The first-order chi connectivity index (χ1) is 21.4. The van der Waals surface area contributed by atoms with Crippen molar-refractivity contribution in [1.82, 2.24) is 21.4 Å². The lowest BCUT2D eigenvalue weighted by Crippen LogP contribution is -2.58. The minimum Gasteiger partial charge on any atom is -0.493 e. The molecule has 2 heterocycles. The van der Waals surface area contributed by atoms with Crippen LogP contribution in [-0.4, -0.2) is 61.4 Å². The molecule has 1 fully saturated rings. The first-order valence-corrected chi connectivity index (χ1v) is 14.2. The Bertz CT molecular complexity index is 1640. The average molecular weight is 637 g/mol. The molecular weight excluding hydrogens is 604 g/mol. The monoisotopic (exact) mass is 636 g/mol. The van der Waals surface area contributed by atoms with Crippen molar-refractivity contribution < 1.29 is 38.2 Å². The number of thiocarbonyl (C=S) groups is 1. The van der Waals surface area contributed by atoms with Gasteiger partial charge >= 0.3 is 12.0 Å². The van der Waals surface area contributed by atoms with E-state index in [4.69, 9.17) is 26.4 Å². The number of benzene rings is 2. The minimum absolute atomic E-state index is 0.0545. The highest BCUT2D eigenvalue weighted by Gasteiger charge is 2.38. The number of aryl methyl sites for hydroxylation is 2. The molecule has 2 aromatic carbocycles. The zero-order chi connectivity index (χ0) is 32.8. The lowest BCUT2D eigenvalue weighted by atomic mass is 9.95. The maximum absolute atomic E-state index is 13.1. The van der Waals surface area contributed by atoms with E-state index in [1.165, 1.54) is 18.1 Å². The van der Waals surface area contributed by atoms with Crippen molar-refractivity contribution in [3.05, 3.63) is 64.4 Å². The summed E-state index contributed by atoms with van der Waals surface area (Å²) in [6.45, 7) is 6.76. The number of allylic oxidation sites excluding steroid dienone is 1. The number of urea groups is 1. The number of nitrogens with zero attached hydrogens (tertiary/aromatic N) is 2. The number of carbonyl (C=O) groups excluding carboxylic acids is 5. The van der Waals surface area contributed by atoms with Crippen molar-refractivity contribution in [1.29, 1.82) is 0 Å². The third-order valence-corrected chi connectivity index (χ3v) is 7.29. The number of rotatable bonds is 10. The zero-order valence-corrected chi connectivity index (χ0v) is 26.0. The third kappa shape index (κ3) is 7.26. The molecule has 5 amide bonds. The van der Waals surface area contributed by atoms with Gasteiger partial charge in [0, 0.05) is 11.9 Å². The average Bonchev–Trinajstić information content (AvgIpc) is 2.99. The van der Waals surface area contributed by atoms with Crippen molar-refractivity contribution in [2.45, 2.75) is 33.7 Å². The number of anilines is 1. The zero-order valence-electron chi connectivity index (χ0n) is 25.2. The van der Waals surface area contributed by atoms with Crippen LogP contribution >= 0.6 is 12.2 Å². The van der Waals surface area contributed by atoms with Gasteiger partial charge in [-0.15, -0.1) is 0 Å². The summed E-state index contributed by atoms with van der Waals surface area (Å²) >= 11 is 5.22. The number of esters is 1. The van der Waals surface area contributed by atoms with Crippen LogP contribution in [0.2, 0.25) is 0 Å². The van der Waals surface area contributed by atoms with Gasteiger partial charge in [-0.3, -0.25) is 19.3 Å². The van der Waals surface area contributed by atoms with Gasteiger partial charge in [0.1, 0.15) is 0 Å². The Labute approximate surface area is 264 Å². The second kappa shape index (κ2) is 14.0. The smallest absolute Gasteiger partial charge is 0.338 e. The molecule has 2 aliphatic rings. The van der Waals surface area contributed by atoms with Gasteiger partial charge < -0.3 is 30.2 Å². The van der Waals surface area contributed by atoms with Gasteiger partial charge in [-0.05, 0) is 80.9 Å². The molecule has 0 unspecified atom stereocenters. The number of hydrogen-bond donors (Lipinski definition) is 4. The summed E-state index contributed by atoms with van der Waals surface area (Å²) in [5.74, 6) is -3.48. The number of amides is 5. The highest BCUT2D eigenvalue weighted by atomic mass is 32.1. The van der Waals surface area contributed by atoms with E-state index in [2.05, 4.69) is 26.5 Å². The largest absolute Gasteiger partial charge is 0.493 e. The van der Waals surface area contributed by atoms with Gasteiger partial charge in [0.15, 0.2) is 29.1 Å². The van der Waals surface area contributed by atoms with Crippen molar-refractivity contribution in [2.24, 2.45) is 11.0 Å². The van der Waals surface area contributed by atoms with E-state index < -0.39 is 48.3 Å². The van der Waals surface area contributed by atoms with Crippen LogP contribution in [0.15, 0.2) is 52.8 Å². The minimum atomic E-state index is -1.33. The summed E-state index contributed by atoms with van der Waals surface area (Å²) in [6, 6.07) is 8.72. The molecule has 1 saturated heterocycles. The van der Waals surface area contributed by atoms with Gasteiger partial charge in [-0.25, -0.2) is 15.0 Å². The maximum atomic E-state index is 13.1. The van der Waals surface area contributed by atoms with Crippen LogP contribution in [0.4, 0.5) is 10.5 Å². The molecule has 4 rings (SSSR count). The van der Waals surface area contributed by atoms with Crippen LogP contribution in [0.3, 0.4) is 0 Å². The number of ether oxygens (including phenoxy) is 3. The summed E-state index contributed by atoms with van der Waals surface area (Å²) in [6.07, 6.45) is 1.02. The number of nitrogens with one attached hydrogen (secondary N) is 4. The second-order valence-corrected chi connectivity index (χ2v) is 10.4. The second-order valence-electron chi connectivity index (χ2n) is 10.0. The van der Waals surface area contributed by atoms with Crippen LogP contribution in [0, 0.1) is 19.8 Å². The lowest BCUT2D eigenvalue weighted by molar-refractivity contribution is -0.139. The Hall–Kier alpha value is -5.31. The van der Waals surface area contributed by atoms with Crippen molar-refractivity contribution in [2.75, 3.05) is 25.2 Å². The number of hydrogen-bond acceptors (Lipinski definition) is 10. The van der Waals surface area contributed by atoms with Crippen LogP contribution in [-0.2, 0) is 23.9 Å². The van der Waals surface area contributed by atoms with E-state index in [1.807, 2.05) is 19.9 Å². The number of carbonyl (C=O) groups is 5. The Morgan fingerprint density at radius 1 is 1.04 bits per heavy atom. The SMILES string of the molecule is CCOC(=O)C1=C(C)NC(=O)N[C@H]1c1ccc(OCC(=O)N/N=C/[C@H]2C(=O)NC(=S)N(c3ccc(C)c(C)c3)C2=O)c(OC)c1. The summed E-state index contributed by atoms with van der Waals surface area (Å²) in [7, 11) is 1.39. The summed E-state index contributed by atoms with van der Waals surface area (Å²) in [5, 5.41) is 11.5. The van der Waals surface area contributed by atoms with Crippen molar-refractivity contribution >= 4 is 59.0 Å². The standard InChI is InChI=1S/C30H32N6O8S/c1-6-43-28(40)24-17(4)32-29(41)33-25(24)18-8-10-21(22(12-18)42-5)44-14-23(37)35-31-13-20-26(38)34-30(45)36(27(20)39)19-9-7-15(2)16(3)11-19/h7-13,20,25H,6,14H2,1-5H3,(H,35,37)(H2,32,33,41)(H,34,38,45)/b31-13+/t20-,25-/m0/s1. The molecule has 15 heteroatoms. The van der Waals surface area contributed by atoms with Crippen molar-refractivity contribution in [3.8, 4) is 11.5 Å². The molecular formula is C30H32N6O8S. The number of methoxy groups -OCH3 is 1. The lowest BCUT2D eigenvalue weighted by Gasteiger charge is -2.31. The molecule has 4 N–H and O–H groups in total. The first-order valence-electron chi connectivity index (χ1n) is 13.8. The van der Waals surface area contributed by atoms with E-state index in [-0.39, 0.29) is 28.8 Å². The van der Waals surface area contributed by atoms with E-state index >= 15 is 0 Å². The first kappa shape index (κ1) is 32.6. The molecule has 236 valence electrons. The van der Waals surface area contributed by atoms with Gasteiger partial charge in [0.25, 0.3) is 11.8 Å². The Kier molecular flexibility index (Phi) is 10.1. The topological polar surface area (TPSA) is 177 Å². The van der Waals surface area contributed by atoms with Gasteiger partial charge in [-0.1, -0.05) is 12.1 Å². The predicted molar refractivity (Wildman–Crippen MR) is 166 cm³/mol. The highest BCUT2D eigenvalue weighted by molar-refractivity contribution is 7.80. The van der Waals surface area contributed by atoms with E-state index in [0.717, 1.165) is 17.3 Å². The fourth-order valence-corrected chi connectivity index (χ4v) is 4.89. The molecule has 2 atom stereocenters. The van der Waals surface area contributed by atoms with Gasteiger partial charge in [0.05, 0.1) is 31.0 Å². The van der Waals surface area contributed by atoms with Crippen LogP contribution in [0.5, 0.6) is 11.5 Å². The summed E-state index contributed by atoms with van der Waals surface area (Å²) < 4.78 is 16.2. The molecule has 0 saturated carbocycles. The van der Waals surface area contributed by atoms with Crippen LogP contribution in [0.1, 0.15) is 36.6 Å². The highest BCUT2D eigenvalue weighted by Crippen LogP contribution is 2.34. The summed E-state index contributed by atoms with van der Waals surface area (Å²) in [5.41, 5.74) is 5.79. The third-order valence-electron chi connectivity index (χ3n) is 7.01. The van der Waals surface area contributed by atoms with E-state index in [0.29, 0.717) is 16.9 Å². The fraction of sp³-hybridized carbons (Fsp3) is 0.300. The number of hydrazone groups is 1. The predicted octanol–water partition coefficient (Wildman–Crippen LogP) is 2.05. The Morgan fingerprint density at radius 3 is 2.49 bits per heavy atom. The van der Waals surface area contributed by atoms with Crippen molar-refractivity contribution in [3.63, 3.8) is 0 Å². The van der Waals surface area contributed by atoms with E-state index in [1.54, 1.807) is 38.1 Å². The Balaban J connectivity index is 1.41. The molecule has 2 aliphatic heterocycles. The molecule has 0 bridgehead atoms. The van der Waals surface area contributed by atoms with Crippen LogP contribution < -0.4 is 35.7 Å². The molecule has 45 heavy (non-hydrogen) atoms. The maximum Gasteiger partial charge on any atom is 0.338 e. The summed E-state index contributed by atoms with van der Waals surface area (Å²) in [4.78, 5) is 64.1. The molecule has 0 aliphatic carbocycles. The molecule has 2 aromatic rings. The fourth-order valence-electron chi connectivity index (χ4n) is 4.60. The molecule has 0 radical (unpaired) electrons. The Morgan fingerprint density at radius 2 is 1.80 bits per heavy atom. The van der Waals surface area contributed by atoms with Gasteiger partial charge in [0.2, 0.25) is 5.91 Å². The van der Waals surface area contributed by atoms with E-state index in [9.17, 15) is 24.0 Å².